The van der Waals surface area contributed by atoms with Gasteiger partial charge in [0.2, 0.25) is 5.91 Å². The average Bonchev–Trinajstić information content (AvgIpc) is 2.84. The molecule has 1 N–H and O–H groups in total. The van der Waals surface area contributed by atoms with Crippen LogP contribution in [0.15, 0.2) is 34.2 Å². The zero-order valence-corrected chi connectivity index (χ0v) is 14.0. The fourth-order valence-electron chi connectivity index (χ4n) is 2.61. The van der Waals surface area contributed by atoms with Crippen molar-refractivity contribution in [2.24, 2.45) is 10.9 Å². The van der Waals surface area contributed by atoms with Crippen molar-refractivity contribution in [1.29, 1.82) is 0 Å². The molecule has 1 amide bonds. The minimum Gasteiger partial charge on any atom is -0.326 e. The number of rotatable bonds is 3. The van der Waals surface area contributed by atoms with Crippen molar-refractivity contribution >= 4 is 34.2 Å². The molecule has 0 bridgehead atoms. The molecule has 0 fully saturated rings. The van der Waals surface area contributed by atoms with Crippen LogP contribution in [0.2, 0.25) is 0 Å². The molecule has 2 aliphatic rings. The maximum Gasteiger partial charge on any atom is 0.226 e. The highest BCUT2D eigenvalue weighted by atomic mass is 32.2. The van der Waals surface area contributed by atoms with Crippen molar-refractivity contribution in [3.8, 4) is 0 Å². The average molecular weight is 315 g/mol. The van der Waals surface area contributed by atoms with E-state index >= 15 is 0 Å². The molecule has 5 heteroatoms. The minimum atomic E-state index is -0.0111. The molecule has 1 aromatic carbocycles. The molecule has 0 aromatic heterocycles. The van der Waals surface area contributed by atoms with Crippen molar-refractivity contribution in [2.75, 3.05) is 18.4 Å². The summed E-state index contributed by atoms with van der Waals surface area (Å²) in [5.74, 6) is 0.0352. The van der Waals surface area contributed by atoms with E-state index in [4.69, 9.17) is 0 Å². The van der Waals surface area contributed by atoms with Crippen molar-refractivity contribution in [3.05, 3.63) is 34.7 Å². The van der Waals surface area contributed by atoms with Gasteiger partial charge in [0.1, 0.15) is 0 Å². The van der Waals surface area contributed by atoms with Crippen LogP contribution in [0, 0.1) is 5.92 Å². The van der Waals surface area contributed by atoms with Gasteiger partial charge in [-0.05, 0) is 31.0 Å². The van der Waals surface area contributed by atoms with Crippen LogP contribution in [-0.4, -0.2) is 29.1 Å². The van der Waals surface area contributed by atoms with Gasteiger partial charge in [-0.25, -0.2) is 0 Å². The minimum absolute atomic E-state index is 0.0111. The number of carbonyl (C=O) groups is 1. The van der Waals surface area contributed by atoms with Crippen LogP contribution in [0.1, 0.15) is 32.8 Å². The maximum atomic E-state index is 11.7. The highest BCUT2D eigenvalue weighted by Gasteiger charge is 2.29. The first kappa shape index (κ1) is 15.2. The Morgan fingerprint density at radius 2 is 2.05 bits per heavy atom. The van der Waals surface area contributed by atoms with Crippen LogP contribution in [0.25, 0.3) is 5.70 Å². The van der Waals surface area contributed by atoms with Crippen LogP contribution in [0.3, 0.4) is 0 Å². The summed E-state index contributed by atoms with van der Waals surface area (Å²) in [4.78, 5) is 19.9. The number of amides is 1. The van der Waals surface area contributed by atoms with Gasteiger partial charge in [-0.1, -0.05) is 37.7 Å². The summed E-state index contributed by atoms with van der Waals surface area (Å²) >= 11 is 1.76. The van der Waals surface area contributed by atoms with Gasteiger partial charge in [-0.15, -0.1) is 0 Å². The normalized spacial score (nSPS) is 17.6. The lowest BCUT2D eigenvalue weighted by Crippen LogP contribution is -2.29. The second kappa shape index (κ2) is 6.16. The van der Waals surface area contributed by atoms with Crippen molar-refractivity contribution in [1.82, 2.24) is 4.90 Å². The molecule has 22 heavy (non-hydrogen) atoms. The maximum absolute atomic E-state index is 11.7. The molecule has 4 nitrogen and oxygen atoms in total. The first-order valence-corrected chi connectivity index (χ1v) is 8.50. The summed E-state index contributed by atoms with van der Waals surface area (Å²) in [6, 6.07) is 8.10. The first-order chi connectivity index (χ1) is 10.6. The van der Waals surface area contributed by atoms with Crippen LogP contribution in [0.4, 0.5) is 5.69 Å². The number of hydrogen-bond acceptors (Lipinski definition) is 4. The zero-order chi connectivity index (χ0) is 15.7. The van der Waals surface area contributed by atoms with E-state index in [9.17, 15) is 4.79 Å². The SMILES string of the molecule is CC1=C(c2ccc(NC(=O)C(C)C)cc2)N2CCCN=C2S1. The van der Waals surface area contributed by atoms with Gasteiger partial charge in [0.05, 0.1) is 5.70 Å². The summed E-state index contributed by atoms with van der Waals surface area (Å²) in [5.41, 5.74) is 3.28. The van der Waals surface area contributed by atoms with Crippen molar-refractivity contribution < 1.29 is 4.79 Å². The summed E-state index contributed by atoms with van der Waals surface area (Å²) < 4.78 is 0. The van der Waals surface area contributed by atoms with E-state index in [2.05, 4.69) is 34.3 Å². The van der Waals surface area contributed by atoms with Gasteiger partial charge >= 0.3 is 0 Å². The van der Waals surface area contributed by atoms with E-state index in [1.807, 2.05) is 26.0 Å². The Kier molecular flexibility index (Phi) is 4.25. The predicted octanol–water partition coefficient (Wildman–Crippen LogP) is 3.78. The third-order valence-corrected chi connectivity index (χ3v) is 4.85. The Bertz CT molecular complexity index is 646. The number of carbonyl (C=O) groups excluding carboxylic acids is 1. The van der Waals surface area contributed by atoms with E-state index in [-0.39, 0.29) is 11.8 Å². The van der Waals surface area contributed by atoms with Crippen molar-refractivity contribution in [3.63, 3.8) is 0 Å². The number of aliphatic imine (C=N–C) groups is 1. The molecule has 116 valence electrons. The number of fused-ring (bicyclic) bond motifs is 1. The molecule has 0 radical (unpaired) electrons. The van der Waals surface area contributed by atoms with Gasteiger partial charge in [0.25, 0.3) is 0 Å². The lowest BCUT2D eigenvalue weighted by Gasteiger charge is -2.25. The quantitative estimate of drug-likeness (QED) is 0.923. The van der Waals surface area contributed by atoms with E-state index in [0.717, 1.165) is 30.4 Å². The van der Waals surface area contributed by atoms with E-state index in [1.165, 1.54) is 16.2 Å². The molecule has 3 rings (SSSR count). The number of amidine groups is 1. The fraction of sp³-hybridized carbons (Fsp3) is 0.412. The third-order valence-electron chi connectivity index (χ3n) is 3.82. The molecule has 0 saturated heterocycles. The number of anilines is 1. The molecule has 0 atom stereocenters. The fourth-order valence-corrected chi connectivity index (χ4v) is 3.66. The second-order valence-electron chi connectivity index (χ2n) is 5.90. The van der Waals surface area contributed by atoms with Crippen molar-refractivity contribution in [2.45, 2.75) is 27.2 Å². The Hall–Kier alpha value is -1.75. The summed E-state index contributed by atoms with van der Waals surface area (Å²) in [5, 5.41) is 4.05. The highest BCUT2D eigenvalue weighted by molar-refractivity contribution is 8.17. The Morgan fingerprint density at radius 1 is 1.32 bits per heavy atom. The Morgan fingerprint density at radius 3 is 2.73 bits per heavy atom. The largest absolute Gasteiger partial charge is 0.326 e. The highest BCUT2D eigenvalue weighted by Crippen LogP contribution is 2.40. The summed E-state index contributed by atoms with van der Waals surface area (Å²) in [6.45, 7) is 7.90. The van der Waals surface area contributed by atoms with E-state index < -0.39 is 0 Å². The summed E-state index contributed by atoms with van der Waals surface area (Å²) in [7, 11) is 0. The van der Waals surface area contributed by atoms with Crippen LogP contribution < -0.4 is 5.32 Å². The number of hydrogen-bond donors (Lipinski definition) is 1. The lowest BCUT2D eigenvalue weighted by molar-refractivity contribution is -0.118. The molecular weight excluding hydrogens is 294 g/mol. The number of benzene rings is 1. The predicted molar refractivity (Wildman–Crippen MR) is 93.7 cm³/mol. The van der Waals surface area contributed by atoms with Gasteiger partial charge < -0.3 is 10.2 Å². The van der Waals surface area contributed by atoms with E-state index in [1.54, 1.807) is 11.8 Å². The number of nitrogens with one attached hydrogen (secondary N) is 1. The summed E-state index contributed by atoms with van der Waals surface area (Å²) in [6.07, 6.45) is 1.10. The molecule has 0 saturated carbocycles. The Balaban J connectivity index is 1.81. The first-order valence-electron chi connectivity index (χ1n) is 7.68. The number of thioether (sulfide) groups is 1. The number of nitrogens with zero attached hydrogens (tertiary/aromatic N) is 2. The smallest absolute Gasteiger partial charge is 0.226 e. The standard InChI is InChI=1S/C17H21N3OS/c1-11(2)16(21)19-14-7-5-13(6-8-14)15-12(3)22-17-18-9-4-10-20(15)17/h5-8,11H,4,9-10H2,1-3H3,(H,19,21). The van der Waals surface area contributed by atoms with Crippen LogP contribution in [-0.2, 0) is 4.79 Å². The molecule has 0 aliphatic carbocycles. The Labute approximate surface area is 135 Å². The van der Waals surface area contributed by atoms with Crippen LogP contribution in [0.5, 0.6) is 0 Å². The second-order valence-corrected chi connectivity index (χ2v) is 7.08. The molecular formula is C17H21N3OS. The third kappa shape index (κ3) is 2.90. The van der Waals surface area contributed by atoms with Gasteiger partial charge in [-0.3, -0.25) is 9.79 Å². The number of allylic oxidation sites excluding steroid dienone is 1. The monoisotopic (exact) mass is 315 g/mol. The molecule has 0 spiro atoms. The topological polar surface area (TPSA) is 44.7 Å². The van der Waals surface area contributed by atoms with E-state index in [0.29, 0.717) is 0 Å². The van der Waals surface area contributed by atoms with Gasteiger partial charge in [0, 0.05) is 29.6 Å². The van der Waals surface area contributed by atoms with Crippen LogP contribution >= 0.6 is 11.8 Å². The van der Waals surface area contributed by atoms with Gasteiger partial charge in [-0.2, -0.15) is 0 Å². The zero-order valence-electron chi connectivity index (χ0n) is 13.2. The van der Waals surface area contributed by atoms with Gasteiger partial charge in [0.15, 0.2) is 5.17 Å². The lowest BCUT2D eigenvalue weighted by atomic mass is 10.1. The molecule has 2 aliphatic heterocycles. The molecule has 1 aromatic rings. The molecule has 0 unspecified atom stereocenters. The molecule has 2 heterocycles.